The summed E-state index contributed by atoms with van der Waals surface area (Å²) in [6.07, 6.45) is 5.86. The van der Waals surface area contributed by atoms with Gasteiger partial charge in [-0.1, -0.05) is 18.7 Å². The Morgan fingerprint density at radius 2 is 2.07 bits per heavy atom. The molecule has 0 saturated heterocycles. The van der Waals surface area contributed by atoms with Crippen molar-refractivity contribution in [2.24, 2.45) is 0 Å². The molecule has 0 amide bonds. The van der Waals surface area contributed by atoms with Crippen molar-refractivity contribution in [2.45, 2.75) is 33.3 Å². The molecule has 1 aromatic heterocycles. The SMILES string of the molecule is C=C1C(C)=C(/C=C(\C)c2cccnc2)CN1c1ccc(OCC(C)(C)O)c(OC)c1. The first-order chi connectivity index (χ1) is 14.2. The Bertz CT molecular complexity index is 985. The van der Waals surface area contributed by atoms with Gasteiger partial charge < -0.3 is 19.5 Å². The van der Waals surface area contributed by atoms with Crippen LogP contribution in [0.3, 0.4) is 0 Å². The lowest BCUT2D eigenvalue weighted by atomic mass is 10.0. The van der Waals surface area contributed by atoms with E-state index in [1.54, 1.807) is 27.2 Å². The summed E-state index contributed by atoms with van der Waals surface area (Å²) in [7, 11) is 1.61. The molecule has 0 spiro atoms. The van der Waals surface area contributed by atoms with Crippen molar-refractivity contribution >= 4 is 11.3 Å². The van der Waals surface area contributed by atoms with E-state index in [4.69, 9.17) is 9.47 Å². The summed E-state index contributed by atoms with van der Waals surface area (Å²) in [4.78, 5) is 6.37. The Balaban J connectivity index is 1.82. The predicted octanol–water partition coefficient (Wildman–Crippen LogP) is 4.99. The maximum absolute atomic E-state index is 9.92. The number of nitrogens with zero attached hydrogens (tertiary/aromatic N) is 2. The number of benzene rings is 1. The highest BCUT2D eigenvalue weighted by atomic mass is 16.5. The average Bonchev–Trinajstić information content (AvgIpc) is 3.00. The van der Waals surface area contributed by atoms with E-state index in [0.29, 0.717) is 11.5 Å². The molecule has 1 aliphatic rings. The molecule has 0 aliphatic carbocycles. The number of pyridine rings is 1. The van der Waals surface area contributed by atoms with E-state index < -0.39 is 5.60 Å². The molecular formula is C25H30N2O3. The number of allylic oxidation sites excluding steroid dienone is 2. The van der Waals surface area contributed by atoms with Crippen molar-refractivity contribution < 1.29 is 14.6 Å². The highest BCUT2D eigenvalue weighted by Gasteiger charge is 2.24. The number of aromatic nitrogens is 1. The van der Waals surface area contributed by atoms with E-state index in [0.717, 1.165) is 23.5 Å². The Labute approximate surface area is 179 Å². The van der Waals surface area contributed by atoms with E-state index in [-0.39, 0.29) is 6.61 Å². The highest BCUT2D eigenvalue weighted by molar-refractivity contribution is 5.72. The topological polar surface area (TPSA) is 54.8 Å². The summed E-state index contributed by atoms with van der Waals surface area (Å²) in [5.41, 5.74) is 5.70. The lowest BCUT2D eigenvalue weighted by Crippen LogP contribution is -2.28. The Kier molecular flexibility index (Phi) is 6.32. The van der Waals surface area contributed by atoms with Crippen molar-refractivity contribution in [3.63, 3.8) is 0 Å². The molecule has 5 heteroatoms. The van der Waals surface area contributed by atoms with Crippen LogP contribution >= 0.6 is 0 Å². The first-order valence-electron chi connectivity index (χ1n) is 9.98. The number of ether oxygens (including phenoxy) is 2. The van der Waals surface area contributed by atoms with Crippen molar-refractivity contribution in [3.8, 4) is 11.5 Å². The molecule has 1 N–H and O–H groups in total. The summed E-state index contributed by atoms with van der Waals surface area (Å²) in [5, 5.41) is 9.92. The van der Waals surface area contributed by atoms with Crippen LogP contribution in [0.25, 0.3) is 5.57 Å². The summed E-state index contributed by atoms with van der Waals surface area (Å²) < 4.78 is 11.3. The quantitative estimate of drug-likeness (QED) is 0.702. The Morgan fingerprint density at radius 3 is 2.70 bits per heavy atom. The van der Waals surface area contributed by atoms with Crippen LogP contribution in [0.2, 0.25) is 0 Å². The largest absolute Gasteiger partial charge is 0.493 e. The lowest BCUT2D eigenvalue weighted by Gasteiger charge is -2.23. The summed E-state index contributed by atoms with van der Waals surface area (Å²) in [5.74, 6) is 1.23. The van der Waals surface area contributed by atoms with Gasteiger partial charge in [-0.05, 0) is 68.2 Å². The van der Waals surface area contributed by atoms with Gasteiger partial charge in [0.1, 0.15) is 6.61 Å². The van der Waals surface area contributed by atoms with Gasteiger partial charge in [-0.3, -0.25) is 4.98 Å². The molecule has 30 heavy (non-hydrogen) atoms. The second-order valence-electron chi connectivity index (χ2n) is 8.19. The molecule has 0 saturated carbocycles. The zero-order valence-electron chi connectivity index (χ0n) is 18.4. The second kappa shape index (κ2) is 8.76. The average molecular weight is 407 g/mol. The monoisotopic (exact) mass is 406 g/mol. The minimum absolute atomic E-state index is 0.183. The molecular weight excluding hydrogens is 376 g/mol. The molecule has 2 heterocycles. The number of methoxy groups -OCH3 is 1. The number of rotatable bonds is 7. The van der Waals surface area contributed by atoms with Crippen LogP contribution in [0.15, 0.2) is 72.2 Å². The van der Waals surface area contributed by atoms with Gasteiger partial charge in [-0.2, -0.15) is 0 Å². The molecule has 1 aromatic carbocycles. The van der Waals surface area contributed by atoms with Crippen molar-refractivity contribution in [3.05, 3.63) is 77.8 Å². The predicted molar refractivity (Wildman–Crippen MR) is 122 cm³/mol. The standard InChI is InChI=1S/C25H30N2O3/c1-17(20-8-7-11-26-14-20)12-21-15-27(19(3)18(21)2)22-9-10-23(24(13-22)29-6)30-16-25(4,5)28/h7-14,28H,3,15-16H2,1-2,4-6H3/b17-12+. The van der Waals surface area contributed by atoms with Crippen molar-refractivity contribution in [1.82, 2.24) is 4.98 Å². The molecule has 158 valence electrons. The van der Waals surface area contributed by atoms with Crippen LogP contribution in [-0.2, 0) is 0 Å². The molecule has 0 radical (unpaired) electrons. The van der Waals surface area contributed by atoms with E-state index in [9.17, 15) is 5.11 Å². The van der Waals surface area contributed by atoms with Crippen LogP contribution in [0.4, 0.5) is 5.69 Å². The molecule has 0 fully saturated rings. The number of hydrogen-bond donors (Lipinski definition) is 1. The van der Waals surface area contributed by atoms with E-state index >= 15 is 0 Å². The molecule has 0 unspecified atom stereocenters. The van der Waals surface area contributed by atoms with Gasteiger partial charge in [0, 0.05) is 36.4 Å². The fourth-order valence-electron chi connectivity index (χ4n) is 3.31. The molecule has 0 atom stereocenters. The minimum atomic E-state index is -0.915. The van der Waals surface area contributed by atoms with Crippen LogP contribution in [0.5, 0.6) is 11.5 Å². The van der Waals surface area contributed by atoms with Crippen molar-refractivity contribution in [2.75, 3.05) is 25.2 Å². The van der Waals surface area contributed by atoms with Crippen LogP contribution < -0.4 is 14.4 Å². The van der Waals surface area contributed by atoms with Gasteiger partial charge in [-0.25, -0.2) is 0 Å². The van der Waals surface area contributed by atoms with Crippen LogP contribution in [0.1, 0.15) is 33.3 Å². The third-order valence-electron chi connectivity index (χ3n) is 5.12. The van der Waals surface area contributed by atoms with Gasteiger partial charge in [-0.15, -0.1) is 0 Å². The lowest BCUT2D eigenvalue weighted by molar-refractivity contribution is 0.0276. The fraction of sp³-hybridized carbons (Fsp3) is 0.320. The number of hydrogen-bond acceptors (Lipinski definition) is 5. The van der Waals surface area contributed by atoms with Crippen LogP contribution in [0, 0.1) is 0 Å². The summed E-state index contributed by atoms with van der Waals surface area (Å²) >= 11 is 0. The van der Waals surface area contributed by atoms with Gasteiger partial charge >= 0.3 is 0 Å². The van der Waals surface area contributed by atoms with E-state index in [1.165, 1.54) is 16.7 Å². The molecule has 5 nitrogen and oxygen atoms in total. The van der Waals surface area contributed by atoms with Gasteiger partial charge in [0.2, 0.25) is 0 Å². The number of aliphatic hydroxyl groups is 1. The minimum Gasteiger partial charge on any atom is -0.493 e. The highest BCUT2D eigenvalue weighted by Crippen LogP contribution is 2.38. The molecule has 0 bridgehead atoms. The Morgan fingerprint density at radius 1 is 1.30 bits per heavy atom. The van der Waals surface area contributed by atoms with E-state index in [2.05, 4.69) is 42.5 Å². The smallest absolute Gasteiger partial charge is 0.162 e. The third kappa shape index (κ3) is 4.92. The summed E-state index contributed by atoms with van der Waals surface area (Å²) in [6, 6.07) is 9.81. The van der Waals surface area contributed by atoms with Gasteiger partial charge in [0.25, 0.3) is 0 Å². The van der Waals surface area contributed by atoms with E-state index in [1.807, 2.05) is 30.5 Å². The normalized spacial score (nSPS) is 15.1. The van der Waals surface area contributed by atoms with Crippen LogP contribution in [-0.4, -0.2) is 36.0 Å². The third-order valence-corrected chi connectivity index (χ3v) is 5.12. The molecule has 1 aliphatic heterocycles. The zero-order valence-corrected chi connectivity index (χ0v) is 18.4. The van der Waals surface area contributed by atoms with Gasteiger partial charge in [0.05, 0.1) is 12.7 Å². The summed E-state index contributed by atoms with van der Waals surface area (Å²) in [6.45, 7) is 12.8. The Hall–Kier alpha value is -3.05. The molecule has 3 rings (SSSR count). The van der Waals surface area contributed by atoms with Crippen molar-refractivity contribution in [1.29, 1.82) is 0 Å². The first-order valence-corrected chi connectivity index (χ1v) is 9.98. The zero-order chi connectivity index (χ0) is 21.9. The fourth-order valence-corrected chi connectivity index (χ4v) is 3.31. The maximum Gasteiger partial charge on any atom is 0.162 e. The maximum atomic E-state index is 9.92. The molecule has 2 aromatic rings. The number of anilines is 1. The van der Waals surface area contributed by atoms with Gasteiger partial charge in [0.15, 0.2) is 11.5 Å². The second-order valence-corrected chi connectivity index (χ2v) is 8.19. The first kappa shape index (κ1) is 21.7.